The maximum atomic E-state index is 11.6. The molecule has 20 heavy (non-hydrogen) atoms. The average molecular weight is 316 g/mol. The zero-order valence-electron chi connectivity index (χ0n) is 9.99. The van der Waals surface area contributed by atoms with Crippen molar-refractivity contribution in [3.05, 3.63) is 28.5 Å². The molecule has 2 rings (SSSR count). The largest absolute Gasteiger partial charge is 0.480 e. The lowest BCUT2D eigenvalue weighted by Crippen LogP contribution is -2.42. The van der Waals surface area contributed by atoms with Gasteiger partial charge in [-0.3, -0.25) is 9.20 Å². The Labute approximate surface area is 122 Å². The van der Waals surface area contributed by atoms with E-state index >= 15 is 0 Å². The van der Waals surface area contributed by atoms with Gasteiger partial charge in [0.25, 0.3) is 0 Å². The number of carboxylic acids is 1. The van der Waals surface area contributed by atoms with Crippen molar-refractivity contribution in [1.82, 2.24) is 14.7 Å². The summed E-state index contributed by atoms with van der Waals surface area (Å²) in [5.41, 5.74) is 0.522. The number of carbonyl (C=O) groups is 2. The first-order valence-corrected chi connectivity index (χ1v) is 6.72. The average Bonchev–Trinajstić information content (AvgIpc) is 2.94. The van der Waals surface area contributed by atoms with E-state index in [1.807, 2.05) is 5.38 Å². The molecule has 0 saturated carbocycles. The van der Waals surface area contributed by atoms with Crippen LogP contribution in [0.25, 0.3) is 11.0 Å². The fraction of sp³-hybridized carbons (Fsp3) is 0.182. The molecule has 106 valence electrons. The van der Waals surface area contributed by atoms with E-state index in [-0.39, 0.29) is 5.15 Å². The SMILES string of the molecule is O=C(/C=C/c1c(Cl)nc2sccn12)N[C@H](CO)C(=O)O. The number of aliphatic hydroxyl groups is 1. The van der Waals surface area contributed by atoms with Crippen molar-refractivity contribution in [3.63, 3.8) is 0 Å². The molecule has 3 N–H and O–H groups in total. The van der Waals surface area contributed by atoms with E-state index in [4.69, 9.17) is 21.8 Å². The summed E-state index contributed by atoms with van der Waals surface area (Å²) in [5.74, 6) is -1.95. The van der Waals surface area contributed by atoms with Crippen molar-refractivity contribution in [2.24, 2.45) is 0 Å². The van der Waals surface area contributed by atoms with Gasteiger partial charge in [0, 0.05) is 17.7 Å². The van der Waals surface area contributed by atoms with Crippen LogP contribution in [0.1, 0.15) is 5.69 Å². The van der Waals surface area contributed by atoms with Crippen molar-refractivity contribution in [2.75, 3.05) is 6.61 Å². The van der Waals surface area contributed by atoms with E-state index in [1.54, 1.807) is 10.6 Å². The molecule has 0 aliphatic carbocycles. The molecule has 0 aliphatic heterocycles. The molecule has 2 heterocycles. The van der Waals surface area contributed by atoms with E-state index in [1.165, 1.54) is 17.4 Å². The van der Waals surface area contributed by atoms with E-state index < -0.39 is 24.5 Å². The topological polar surface area (TPSA) is 104 Å². The molecular weight excluding hydrogens is 306 g/mol. The van der Waals surface area contributed by atoms with Crippen LogP contribution in [-0.4, -0.2) is 44.1 Å². The van der Waals surface area contributed by atoms with Gasteiger partial charge in [0.15, 0.2) is 16.2 Å². The Bertz CT molecular complexity index is 678. The van der Waals surface area contributed by atoms with Gasteiger partial charge in [-0.25, -0.2) is 9.78 Å². The molecule has 0 radical (unpaired) electrons. The van der Waals surface area contributed by atoms with Gasteiger partial charge in [0.05, 0.1) is 12.3 Å². The van der Waals surface area contributed by atoms with Crippen LogP contribution in [0, 0.1) is 0 Å². The highest BCUT2D eigenvalue weighted by Crippen LogP contribution is 2.22. The molecule has 0 aromatic carbocycles. The maximum absolute atomic E-state index is 11.6. The molecule has 9 heteroatoms. The highest BCUT2D eigenvalue weighted by Gasteiger charge is 2.17. The number of carbonyl (C=O) groups excluding carboxylic acids is 1. The number of halogens is 1. The quantitative estimate of drug-likeness (QED) is 0.702. The number of hydrogen-bond acceptors (Lipinski definition) is 5. The second kappa shape index (κ2) is 6.04. The number of aliphatic carboxylic acids is 1. The molecule has 1 amide bonds. The van der Waals surface area contributed by atoms with Gasteiger partial charge in [0.1, 0.15) is 0 Å². The van der Waals surface area contributed by atoms with Gasteiger partial charge < -0.3 is 15.5 Å². The second-order valence-corrected chi connectivity index (χ2v) is 4.99. The number of hydrogen-bond donors (Lipinski definition) is 3. The van der Waals surface area contributed by atoms with Gasteiger partial charge in [-0.1, -0.05) is 11.6 Å². The third kappa shape index (κ3) is 2.98. The van der Waals surface area contributed by atoms with Crippen molar-refractivity contribution in [3.8, 4) is 0 Å². The highest BCUT2D eigenvalue weighted by atomic mass is 35.5. The first kappa shape index (κ1) is 14.5. The Balaban J connectivity index is 2.12. The van der Waals surface area contributed by atoms with E-state index in [0.29, 0.717) is 10.7 Å². The van der Waals surface area contributed by atoms with Crippen LogP contribution in [0.5, 0.6) is 0 Å². The Morgan fingerprint density at radius 2 is 2.35 bits per heavy atom. The predicted octanol–water partition coefficient (Wildman–Crippen LogP) is 0.624. The summed E-state index contributed by atoms with van der Waals surface area (Å²) < 4.78 is 1.71. The van der Waals surface area contributed by atoms with E-state index in [9.17, 15) is 9.59 Å². The van der Waals surface area contributed by atoms with Crippen LogP contribution in [0.4, 0.5) is 0 Å². The lowest BCUT2D eigenvalue weighted by molar-refractivity contribution is -0.142. The third-order valence-corrected chi connectivity index (χ3v) is 3.48. The highest BCUT2D eigenvalue weighted by molar-refractivity contribution is 7.15. The molecule has 0 aliphatic rings. The lowest BCUT2D eigenvalue weighted by Gasteiger charge is -2.08. The number of imidazole rings is 1. The van der Waals surface area contributed by atoms with Gasteiger partial charge in [-0.05, 0) is 6.08 Å². The fourth-order valence-corrected chi connectivity index (χ4v) is 2.49. The number of rotatable bonds is 5. The van der Waals surface area contributed by atoms with Crippen LogP contribution >= 0.6 is 22.9 Å². The van der Waals surface area contributed by atoms with Crippen molar-refractivity contribution < 1.29 is 19.8 Å². The molecule has 0 unspecified atom stereocenters. The molecule has 2 aromatic heterocycles. The summed E-state index contributed by atoms with van der Waals surface area (Å²) in [6.45, 7) is -0.683. The number of thiazole rings is 1. The van der Waals surface area contributed by atoms with Crippen molar-refractivity contribution in [1.29, 1.82) is 0 Å². The summed E-state index contributed by atoms with van der Waals surface area (Å²) in [5, 5.41) is 21.7. The number of aliphatic hydroxyl groups excluding tert-OH is 1. The minimum atomic E-state index is -1.34. The lowest BCUT2D eigenvalue weighted by atomic mass is 10.3. The smallest absolute Gasteiger partial charge is 0.328 e. The molecule has 0 spiro atoms. The Hall–Kier alpha value is -1.90. The van der Waals surface area contributed by atoms with Crippen molar-refractivity contribution >= 4 is 45.9 Å². The van der Waals surface area contributed by atoms with Gasteiger partial charge in [-0.2, -0.15) is 0 Å². The first-order valence-electron chi connectivity index (χ1n) is 5.46. The number of amides is 1. The number of carboxylic acid groups (broad SMARTS) is 1. The minimum Gasteiger partial charge on any atom is -0.480 e. The van der Waals surface area contributed by atoms with Crippen LogP contribution in [0.3, 0.4) is 0 Å². The first-order chi connectivity index (χ1) is 9.52. The molecule has 7 nitrogen and oxygen atoms in total. The predicted molar refractivity (Wildman–Crippen MR) is 73.8 cm³/mol. The molecule has 1 atom stereocenters. The van der Waals surface area contributed by atoms with E-state index in [2.05, 4.69) is 10.3 Å². The molecule has 0 saturated heterocycles. The summed E-state index contributed by atoms with van der Waals surface area (Å²) in [4.78, 5) is 27.0. The maximum Gasteiger partial charge on any atom is 0.328 e. The van der Waals surface area contributed by atoms with Crippen LogP contribution in [0.2, 0.25) is 5.15 Å². The van der Waals surface area contributed by atoms with Crippen LogP contribution in [0.15, 0.2) is 17.7 Å². The van der Waals surface area contributed by atoms with Gasteiger partial charge in [0.2, 0.25) is 5.91 Å². The summed E-state index contributed by atoms with van der Waals surface area (Å²) in [7, 11) is 0. The monoisotopic (exact) mass is 315 g/mol. The van der Waals surface area contributed by atoms with E-state index in [0.717, 1.165) is 6.08 Å². The van der Waals surface area contributed by atoms with Crippen LogP contribution in [-0.2, 0) is 9.59 Å². The number of nitrogens with zero attached hydrogens (tertiary/aromatic N) is 2. The normalized spacial score (nSPS) is 12.9. The van der Waals surface area contributed by atoms with Crippen LogP contribution < -0.4 is 5.32 Å². The molecule has 0 fully saturated rings. The Morgan fingerprint density at radius 3 is 3.00 bits per heavy atom. The summed E-state index contributed by atoms with van der Waals surface area (Å²) >= 11 is 7.33. The Morgan fingerprint density at radius 1 is 1.60 bits per heavy atom. The molecule has 2 aromatic rings. The van der Waals surface area contributed by atoms with Gasteiger partial charge >= 0.3 is 5.97 Å². The third-order valence-electron chi connectivity index (χ3n) is 2.44. The van der Waals surface area contributed by atoms with Gasteiger partial charge in [-0.15, -0.1) is 11.3 Å². The zero-order chi connectivity index (χ0) is 14.7. The second-order valence-electron chi connectivity index (χ2n) is 3.76. The Kier molecular flexibility index (Phi) is 4.38. The number of nitrogens with one attached hydrogen (secondary N) is 1. The summed E-state index contributed by atoms with van der Waals surface area (Å²) in [6, 6.07) is -1.34. The number of aromatic nitrogens is 2. The minimum absolute atomic E-state index is 0.248. The standard InChI is InChI=1S/C11H10ClN3O4S/c12-9-7(15-3-4-20-11(15)14-9)1-2-8(17)13-6(5-16)10(18)19/h1-4,6,16H,5H2,(H,13,17)(H,18,19)/b2-1+/t6-/m1/s1. The summed E-state index contributed by atoms with van der Waals surface area (Å²) in [6.07, 6.45) is 4.32. The zero-order valence-corrected chi connectivity index (χ0v) is 11.6. The molecular formula is C11H10ClN3O4S. The van der Waals surface area contributed by atoms with Crippen molar-refractivity contribution in [2.45, 2.75) is 6.04 Å². The molecule has 0 bridgehead atoms. The fourth-order valence-electron chi connectivity index (χ4n) is 1.49. The number of fused-ring (bicyclic) bond motifs is 1.